The maximum absolute atomic E-state index is 6.28. The predicted molar refractivity (Wildman–Crippen MR) is 150 cm³/mol. The highest BCUT2D eigenvalue weighted by atomic mass is 28.3. The van der Waals surface area contributed by atoms with Crippen LogP contribution in [0.2, 0.25) is 33.2 Å². The Kier molecular flexibility index (Phi) is 10.6. The molecule has 178 valence electrons. The lowest BCUT2D eigenvalue weighted by atomic mass is 10.0. The molecule has 0 spiro atoms. The second-order valence-corrected chi connectivity index (χ2v) is 22.5. The van der Waals surface area contributed by atoms with E-state index in [-0.39, 0.29) is 0 Å². The summed E-state index contributed by atoms with van der Waals surface area (Å²) < 4.78 is 0. The van der Waals surface area contributed by atoms with Gasteiger partial charge in [0.05, 0.1) is 0 Å². The molecule has 0 aliphatic heterocycles. The van der Waals surface area contributed by atoms with E-state index < -0.39 is 16.1 Å². The molecule has 0 atom stereocenters. The Hall–Kier alpha value is -1.27. The Morgan fingerprint density at radius 2 is 0.875 bits per heavy atom. The highest BCUT2D eigenvalue weighted by Gasteiger charge is 2.42. The molecule has 0 amide bonds. The summed E-state index contributed by atoms with van der Waals surface area (Å²) in [4.78, 5) is 0. The van der Waals surface area contributed by atoms with Gasteiger partial charge in [-0.3, -0.25) is 0 Å². The minimum atomic E-state index is -1.79. The van der Waals surface area contributed by atoms with Crippen molar-refractivity contribution in [3.8, 4) is 22.9 Å². The van der Waals surface area contributed by atoms with E-state index in [4.69, 9.17) is 5.73 Å². The fraction of sp³-hybridized carbons (Fsp3) is 0.655. The molecule has 0 radical (unpaired) electrons. The monoisotopic (exact) mass is 467 g/mol. The third-order valence-corrected chi connectivity index (χ3v) is 20.5. The molecule has 0 aromatic heterocycles. The zero-order valence-corrected chi connectivity index (χ0v) is 25.0. The van der Waals surface area contributed by atoms with E-state index in [0.29, 0.717) is 39.8 Å². The Bertz CT molecular complexity index is 758. The lowest BCUT2D eigenvalue weighted by Gasteiger charge is -2.38. The summed E-state index contributed by atoms with van der Waals surface area (Å²) in [6.45, 7) is 28.8. The van der Waals surface area contributed by atoms with E-state index in [1.807, 2.05) is 0 Å². The number of rotatable bonds is 7. The quantitative estimate of drug-likeness (QED) is 0.317. The van der Waals surface area contributed by atoms with Crippen molar-refractivity contribution in [3.05, 3.63) is 34.9 Å². The molecule has 1 aromatic carbocycles. The first kappa shape index (κ1) is 28.8. The van der Waals surface area contributed by atoms with Gasteiger partial charge >= 0.3 is 0 Å². The number of nitrogens with two attached hydrogens (primary N) is 1. The van der Waals surface area contributed by atoms with Crippen LogP contribution in [0.4, 0.5) is 0 Å². The Morgan fingerprint density at radius 3 is 1.09 bits per heavy atom. The highest BCUT2D eigenvalue weighted by Crippen LogP contribution is 2.42. The van der Waals surface area contributed by atoms with Gasteiger partial charge in [0.15, 0.2) is 0 Å². The molecule has 32 heavy (non-hydrogen) atoms. The average Bonchev–Trinajstić information content (AvgIpc) is 2.67. The van der Waals surface area contributed by atoms with Crippen molar-refractivity contribution in [2.45, 2.75) is 123 Å². The largest absolute Gasteiger partial charge is 0.326 e. The van der Waals surface area contributed by atoms with Crippen LogP contribution in [0.25, 0.3) is 0 Å². The zero-order chi connectivity index (χ0) is 24.9. The van der Waals surface area contributed by atoms with Crippen molar-refractivity contribution in [1.29, 1.82) is 0 Å². The van der Waals surface area contributed by atoms with Gasteiger partial charge in [0.25, 0.3) is 0 Å². The maximum Gasteiger partial charge on any atom is 0.146 e. The summed E-state index contributed by atoms with van der Waals surface area (Å²) in [5, 5.41) is 0. The average molecular weight is 468 g/mol. The SMILES string of the molecule is CC(C)[Si](C#Cc1cccc(C#C[Si](C(C)C)(C(C)C)C(C)C)c1CN)(C(C)C)C(C)C. The molecule has 0 bridgehead atoms. The van der Waals surface area contributed by atoms with E-state index in [0.717, 1.165) is 16.7 Å². The first-order valence-corrected chi connectivity index (χ1v) is 17.1. The van der Waals surface area contributed by atoms with Gasteiger partial charge in [0.2, 0.25) is 0 Å². The fourth-order valence-electron chi connectivity index (χ4n) is 6.26. The van der Waals surface area contributed by atoms with Gasteiger partial charge in [-0.25, -0.2) is 0 Å². The summed E-state index contributed by atoms with van der Waals surface area (Å²) >= 11 is 0. The van der Waals surface area contributed by atoms with Crippen LogP contribution in [0.1, 0.15) is 99.8 Å². The van der Waals surface area contributed by atoms with Crippen LogP contribution >= 0.6 is 0 Å². The van der Waals surface area contributed by atoms with Crippen LogP contribution in [0.3, 0.4) is 0 Å². The third-order valence-electron chi connectivity index (χ3n) is 7.94. The molecule has 1 nitrogen and oxygen atoms in total. The number of benzene rings is 1. The van der Waals surface area contributed by atoms with Gasteiger partial charge in [-0.15, -0.1) is 11.1 Å². The van der Waals surface area contributed by atoms with Crippen molar-refractivity contribution in [2.75, 3.05) is 0 Å². The summed E-state index contributed by atoms with van der Waals surface area (Å²) in [6.07, 6.45) is 0. The predicted octanol–water partition coefficient (Wildman–Crippen LogP) is 8.28. The highest BCUT2D eigenvalue weighted by molar-refractivity contribution is 6.91. The van der Waals surface area contributed by atoms with Crippen molar-refractivity contribution >= 4 is 16.1 Å². The van der Waals surface area contributed by atoms with Gasteiger partial charge in [0, 0.05) is 17.7 Å². The van der Waals surface area contributed by atoms with Crippen LogP contribution in [0.15, 0.2) is 18.2 Å². The first-order chi connectivity index (χ1) is 14.8. The van der Waals surface area contributed by atoms with Crippen molar-refractivity contribution in [2.24, 2.45) is 5.73 Å². The molecule has 2 N–H and O–H groups in total. The van der Waals surface area contributed by atoms with Crippen molar-refractivity contribution in [3.63, 3.8) is 0 Å². The van der Waals surface area contributed by atoms with Gasteiger partial charge < -0.3 is 5.73 Å². The minimum Gasteiger partial charge on any atom is -0.326 e. The standard InChI is InChI=1S/C29H49NSi2/c1-21(2)31(22(3)4,23(5)6)18-16-27-14-13-15-28(29(27)20-30)17-19-32(24(7)8,25(9)10)26(11)12/h13-15,21-26H,20,30H2,1-12H3. The topological polar surface area (TPSA) is 26.0 Å². The Morgan fingerprint density at radius 1 is 0.594 bits per heavy atom. The van der Waals surface area contributed by atoms with E-state index >= 15 is 0 Å². The molecule has 0 heterocycles. The molecule has 0 unspecified atom stereocenters. The Labute approximate surface area is 202 Å². The van der Waals surface area contributed by atoms with Crippen LogP contribution in [0, 0.1) is 22.9 Å². The molecule has 1 rings (SSSR count). The summed E-state index contributed by atoms with van der Waals surface area (Å²) in [5.74, 6) is 7.26. The number of hydrogen-bond acceptors (Lipinski definition) is 1. The van der Waals surface area contributed by atoms with E-state index in [2.05, 4.69) is 124 Å². The molecule has 1 aromatic rings. The van der Waals surface area contributed by atoms with Crippen molar-refractivity contribution < 1.29 is 0 Å². The fourth-order valence-corrected chi connectivity index (χ4v) is 16.7. The Balaban J connectivity index is 3.68. The number of hydrogen-bond donors (Lipinski definition) is 1. The van der Waals surface area contributed by atoms with Crippen molar-refractivity contribution in [1.82, 2.24) is 0 Å². The second-order valence-electron chi connectivity index (χ2n) is 11.3. The van der Waals surface area contributed by atoms with Crippen LogP contribution in [-0.2, 0) is 6.54 Å². The molecule has 0 saturated heterocycles. The second kappa shape index (κ2) is 11.7. The molecular weight excluding hydrogens is 418 g/mol. The van der Waals surface area contributed by atoms with Gasteiger partial charge in [0.1, 0.15) is 16.1 Å². The molecular formula is C29H49NSi2. The van der Waals surface area contributed by atoms with E-state index in [1.165, 1.54) is 0 Å². The van der Waals surface area contributed by atoms with Gasteiger partial charge in [-0.1, -0.05) is 101 Å². The van der Waals surface area contributed by atoms with Crippen LogP contribution in [0.5, 0.6) is 0 Å². The van der Waals surface area contributed by atoms with Gasteiger partial charge in [-0.05, 0) is 50.9 Å². The smallest absolute Gasteiger partial charge is 0.146 e. The molecule has 0 fully saturated rings. The van der Waals surface area contributed by atoms with E-state index in [9.17, 15) is 0 Å². The molecule has 0 aliphatic carbocycles. The zero-order valence-electron chi connectivity index (χ0n) is 23.0. The lowest BCUT2D eigenvalue weighted by Crippen LogP contribution is -2.43. The van der Waals surface area contributed by atoms with Crippen LogP contribution in [-0.4, -0.2) is 16.1 Å². The van der Waals surface area contributed by atoms with Gasteiger partial charge in [-0.2, -0.15) is 0 Å². The molecule has 0 aliphatic rings. The molecule has 0 saturated carbocycles. The van der Waals surface area contributed by atoms with Crippen LogP contribution < -0.4 is 5.73 Å². The summed E-state index contributed by atoms with van der Waals surface area (Å²) in [7, 11) is -3.58. The minimum absolute atomic E-state index is 0.480. The maximum atomic E-state index is 6.28. The third kappa shape index (κ3) is 5.62. The normalized spacial score (nSPS) is 12.6. The molecule has 3 heteroatoms. The summed E-state index contributed by atoms with van der Waals surface area (Å²) in [5.41, 5.74) is 21.0. The summed E-state index contributed by atoms with van der Waals surface area (Å²) in [6, 6.07) is 6.39. The van der Waals surface area contributed by atoms with E-state index in [1.54, 1.807) is 0 Å². The first-order valence-electron chi connectivity index (χ1n) is 12.7. The lowest BCUT2D eigenvalue weighted by molar-refractivity contribution is 0.838.